The number of hydrogen-bond acceptors (Lipinski definition) is 2. The molecule has 2 heteroatoms. The van der Waals surface area contributed by atoms with Gasteiger partial charge in [-0.05, 0) is 17.7 Å². The number of hydrogen-bond donors (Lipinski definition) is 1. The van der Waals surface area contributed by atoms with E-state index in [2.05, 4.69) is 12.1 Å². The molecule has 2 aromatic carbocycles. The van der Waals surface area contributed by atoms with Crippen LogP contribution in [0.25, 0.3) is 12.2 Å². The summed E-state index contributed by atoms with van der Waals surface area (Å²) in [5, 5.41) is 0. The first kappa shape index (κ1) is 11.3. The van der Waals surface area contributed by atoms with Crippen LogP contribution in [0.15, 0.2) is 48.5 Å². The van der Waals surface area contributed by atoms with Gasteiger partial charge >= 0.3 is 0 Å². The fraction of sp³-hybridized carbons (Fsp3) is 0.0667. The first-order chi connectivity index (χ1) is 8.29. The average Bonchev–Trinajstić information content (AvgIpc) is 2.38. The van der Waals surface area contributed by atoms with Crippen molar-refractivity contribution >= 4 is 17.8 Å². The third kappa shape index (κ3) is 2.88. The summed E-state index contributed by atoms with van der Waals surface area (Å²) in [6, 6.07) is 15.8. The topological polar surface area (TPSA) is 35.2 Å². The number of benzene rings is 2. The molecule has 0 unspecified atom stereocenters. The molecule has 0 saturated heterocycles. The Bertz CT molecular complexity index is 518. The quantitative estimate of drug-likeness (QED) is 0.641. The van der Waals surface area contributed by atoms with Gasteiger partial charge in [0, 0.05) is 17.3 Å². The minimum absolute atomic E-state index is 0.707. The van der Waals surface area contributed by atoms with Crippen molar-refractivity contribution in [1.82, 2.24) is 0 Å². The van der Waals surface area contributed by atoms with Crippen LogP contribution in [0.5, 0.6) is 5.75 Å². The SMILES string of the molecule is COc1cc(N)ccc1C=Cc1ccccc1. The van der Waals surface area contributed by atoms with Gasteiger partial charge in [-0.2, -0.15) is 0 Å². The van der Waals surface area contributed by atoms with Crippen LogP contribution in [0.1, 0.15) is 11.1 Å². The van der Waals surface area contributed by atoms with Gasteiger partial charge in [-0.25, -0.2) is 0 Å². The molecule has 0 aliphatic heterocycles. The number of nitrogen functional groups attached to an aromatic ring is 1. The van der Waals surface area contributed by atoms with Crippen molar-refractivity contribution < 1.29 is 4.74 Å². The van der Waals surface area contributed by atoms with E-state index in [1.54, 1.807) is 7.11 Å². The van der Waals surface area contributed by atoms with E-state index < -0.39 is 0 Å². The van der Waals surface area contributed by atoms with Crippen molar-refractivity contribution in [3.8, 4) is 5.75 Å². The maximum atomic E-state index is 5.71. The Morgan fingerprint density at radius 3 is 2.47 bits per heavy atom. The van der Waals surface area contributed by atoms with Crippen LogP contribution in [0, 0.1) is 0 Å². The van der Waals surface area contributed by atoms with Gasteiger partial charge in [0.1, 0.15) is 5.75 Å². The van der Waals surface area contributed by atoms with Gasteiger partial charge in [0.15, 0.2) is 0 Å². The van der Waals surface area contributed by atoms with E-state index in [9.17, 15) is 0 Å². The summed E-state index contributed by atoms with van der Waals surface area (Å²) in [5.74, 6) is 0.789. The van der Waals surface area contributed by atoms with E-state index in [-0.39, 0.29) is 0 Å². The zero-order valence-corrected chi connectivity index (χ0v) is 9.76. The lowest BCUT2D eigenvalue weighted by Gasteiger charge is -2.05. The van der Waals surface area contributed by atoms with Gasteiger partial charge in [-0.1, -0.05) is 42.5 Å². The molecule has 0 spiro atoms. The highest BCUT2D eigenvalue weighted by molar-refractivity contribution is 5.73. The van der Waals surface area contributed by atoms with E-state index in [1.165, 1.54) is 0 Å². The highest BCUT2D eigenvalue weighted by Gasteiger charge is 1.99. The van der Waals surface area contributed by atoms with Gasteiger partial charge < -0.3 is 10.5 Å². The largest absolute Gasteiger partial charge is 0.496 e. The maximum absolute atomic E-state index is 5.71. The second kappa shape index (κ2) is 5.21. The lowest BCUT2D eigenvalue weighted by molar-refractivity contribution is 0.414. The molecule has 0 atom stereocenters. The Morgan fingerprint density at radius 2 is 1.76 bits per heavy atom. The third-order valence-corrected chi connectivity index (χ3v) is 2.51. The Labute approximate surface area is 101 Å². The molecule has 2 aromatic rings. The molecule has 0 bridgehead atoms. The van der Waals surface area contributed by atoms with Gasteiger partial charge in [0.05, 0.1) is 7.11 Å². The van der Waals surface area contributed by atoms with Crippen molar-refractivity contribution in [3.05, 3.63) is 59.7 Å². The Balaban J connectivity index is 2.27. The fourth-order valence-electron chi connectivity index (χ4n) is 1.62. The van der Waals surface area contributed by atoms with E-state index in [0.29, 0.717) is 5.69 Å². The Kier molecular flexibility index (Phi) is 3.46. The maximum Gasteiger partial charge on any atom is 0.128 e. The van der Waals surface area contributed by atoms with Crippen LogP contribution in [-0.2, 0) is 0 Å². The summed E-state index contributed by atoms with van der Waals surface area (Å²) in [6.07, 6.45) is 4.07. The van der Waals surface area contributed by atoms with E-state index in [4.69, 9.17) is 10.5 Å². The molecule has 0 amide bonds. The zero-order chi connectivity index (χ0) is 12.1. The molecule has 0 aliphatic rings. The highest BCUT2D eigenvalue weighted by Crippen LogP contribution is 2.23. The van der Waals surface area contributed by atoms with Gasteiger partial charge in [-0.3, -0.25) is 0 Å². The molecule has 0 heterocycles. The molecule has 2 rings (SSSR count). The lowest BCUT2D eigenvalue weighted by atomic mass is 10.1. The second-order valence-corrected chi connectivity index (χ2v) is 3.75. The van der Waals surface area contributed by atoms with Crippen LogP contribution < -0.4 is 10.5 Å². The van der Waals surface area contributed by atoms with Crippen molar-refractivity contribution in [2.24, 2.45) is 0 Å². The molecule has 0 aromatic heterocycles. The molecule has 0 aliphatic carbocycles. The monoisotopic (exact) mass is 225 g/mol. The van der Waals surface area contributed by atoms with Crippen molar-refractivity contribution in [1.29, 1.82) is 0 Å². The Morgan fingerprint density at radius 1 is 1.00 bits per heavy atom. The van der Waals surface area contributed by atoms with Crippen LogP contribution in [-0.4, -0.2) is 7.11 Å². The van der Waals surface area contributed by atoms with Crippen LogP contribution in [0.2, 0.25) is 0 Å². The number of ether oxygens (including phenoxy) is 1. The molecule has 17 heavy (non-hydrogen) atoms. The normalized spacial score (nSPS) is 10.6. The number of methoxy groups -OCH3 is 1. The second-order valence-electron chi connectivity index (χ2n) is 3.75. The van der Waals surface area contributed by atoms with Crippen LogP contribution in [0.3, 0.4) is 0 Å². The van der Waals surface area contributed by atoms with Crippen LogP contribution in [0.4, 0.5) is 5.69 Å². The smallest absolute Gasteiger partial charge is 0.128 e. The first-order valence-electron chi connectivity index (χ1n) is 5.46. The third-order valence-electron chi connectivity index (χ3n) is 2.51. The molecular formula is C15H15NO. The minimum Gasteiger partial charge on any atom is -0.496 e. The summed E-state index contributed by atoms with van der Waals surface area (Å²) >= 11 is 0. The Hall–Kier alpha value is -2.22. The summed E-state index contributed by atoms with van der Waals surface area (Å²) in [4.78, 5) is 0. The first-order valence-corrected chi connectivity index (χ1v) is 5.46. The molecular weight excluding hydrogens is 210 g/mol. The predicted molar refractivity (Wildman–Crippen MR) is 72.8 cm³/mol. The van der Waals surface area contributed by atoms with Crippen molar-refractivity contribution in [3.63, 3.8) is 0 Å². The lowest BCUT2D eigenvalue weighted by Crippen LogP contribution is -1.90. The molecule has 2 nitrogen and oxygen atoms in total. The molecule has 2 N–H and O–H groups in total. The summed E-state index contributed by atoms with van der Waals surface area (Å²) in [7, 11) is 1.65. The van der Waals surface area contributed by atoms with E-state index >= 15 is 0 Å². The number of anilines is 1. The van der Waals surface area contributed by atoms with Crippen molar-refractivity contribution in [2.75, 3.05) is 12.8 Å². The van der Waals surface area contributed by atoms with Gasteiger partial charge in [-0.15, -0.1) is 0 Å². The predicted octanol–water partition coefficient (Wildman–Crippen LogP) is 3.45. The van der Waals surface area contributed by atoms with Crippen molar-refractivity contribution in [2.45, 2.75) is 0 Å². The minimum atomic E-state index is 0.707. The molecule has 0 fully saturated rings. The van der Waals surface area contributed by atoms with Crippen LogP contribution >= 0.6 is 0 Å². The highest BCUT2D eigenvalue weighted by atomic mass is 16.5. The number of nitrogens with two attached hydrogens (primary N) is 1. The van der Waals surface area contributed by atoms with E-state index in [0.717, 1.165) is 16.9 Å². The molecule has 0 radical (unpaired) electrons. The average molecular weight is 225 g/mol. The molecule has 86 valence electrons. The fourth-order valence-corrected chi connectivity index (χ4v) is 1.62. The summed E-state index contributed by atoms with van der Waals surface area (Å²) < 4.78 is 5.28. The number of rotatable bonds is 3. The van der Waals surface area contributed by atoms with E-state index in [1.807, 2.05) is 48.6 Å². The van der Waals surface area contributed by atoms with Gasteiger partial charge in [0.2, 0.25) is 0 Å². The van der Waals surface area contributed by atoms with Gasteiger partial charge in [0.25, 0.3) is 0 Å². The zero-order valence-electron chi connectivity index (χ0n) is 9.76. The molecule has 0 saturated carbocycles. The standard InChI is InChI=1S/C15H15NO/c1-17-15-11-14(16)10-9-13(15)8-7-12-5-3-2-4-6-12/h2-11H,16H2,1H3. The summed E-state index contributed by atoms with van der Waals surface area (Å²) in [5.41, 5.74) is 8.59. The summed E-state index contributed by atoms with van der Waals surface area (Å²) in [6.45, 7) is 0.